The second-order valence-electron chi connectivity index (χ2n) is 10.8. The zero-order valence-corrected chi connectivity index (χ0v) is 26.4. The molecule has 0 unspecified atom stereocenters. The lowest BCUT2D eigenvalue weighted by molar-refractivity contribution is -0.182. The highest BCUT2D eigenvalue weighted by molar-refractivity contribution is 5.76. The third-order valence-electron chi connectivity index (χ3n) is 8.20. The molecular weight excluding hydrogens is 572 g/mol. The summed E-state index contributed by atoms with van der Waals surface area (Å²) < 4.78 is 34.3. The first-order valence-corrected chi connectivity index (χ1v) is 14.3. The first-order valence-electron chi connectivity index (χ1n) is 14.3. The Balaban J connectivity index is 2.02. The zero-order chi connectivity index (χ0) is 32.3. The Hall–Kier alpha value is -4.48. The molecule has 2 aliphatic rings. The number of ether oxygens (including phenoxy) is 6. The van der Waals surface area contributed by atoms with Crippen molar-refractivity contribution in [3.05, 3.63) is 46.5 Å². The predicted octanol–water partition coefficient (Wildman–Crippen LogP) is 3.18. The molecule has 0 fully saturated rings. The number of methoxy groups -OCH3 is 4. The lowest BCUT2D eigenvalue weighted by atomic mass is 9.81. The maximum absolute atomic E-state index is 13.2. The number of amides is 2. The number of carbonyl (C=O) groups is 4. The van der Waals surface area contributed by atoms with E-state index in [2.05, 4.69) is 0 Å². The van der Waals surface area contributed by atoms with Gasteiger partial charge in [0.15, 0.2) is 35.2 Å². The van der Waals surface area contributed by atoms with Crippen LogP contribution in [0.1, 0.15) is 62.0 Å². The third kappa shape index (κ3) is 6.24. The molecular formula is C32H40N2O10. The standard InChI is InChI=1S/C32H40N2O10/c1-17(35)33-11-9-21-13-25(39-5)27(41-7)15-23(21)29(33)31(43-19(3)37)32(44-20(4)38)30-24-16-28(42-8)26(40-6)14-22(24)10-12-34(30)18(2)36/h13-16,29-32H,9-12H2,1-8H3/t29-,30-,31-,32-/m0/s1. The van der Waals surface area contributed by atoms with E-state index >= 15 is 0 Å². The summed E-state index contributed by atoms with van der Waals surface area (Å²) in [6.07, 6.45) is -1.47. The van der Waals surface area contributed by atoms with Crippen LogP contribution in [0.5, 0.6) is 23.0 Å². The average Bonchev–Trinajstić information content (AvgIpc) is 2.99. The molecule has 2 amide bonds. The van der Waals surface area contributed by atoms with Gasteiger partial charge >= 0.3 is 11.9 Å². The van der Waals surface area contributed by atoms with Crippen LogP contribution in [0.25, 0.3) is 0 Å². The Bertz CT molecular complexity index is 1330. The van der Waals surface area contributed by atoms with Crippen LogP contribution >= 0.6 is 0 Å². The van der Waals surface area contributed by atoms with Gasteiger partial charge in [0, 0.05) is 40.8 Å². The van der Waals surface area contributed by atoms with E-state index in [1.807, 2.05) is 12.1 Å². The summed E-state index contributed by atoms with van der Waals surface area (Å²) in [6, 6.07) is 5.37. The van der Waals surface area contributed by atoms with Crippen LogP contribution in [0, 0.1) is 0 Å². The largest absolute Gasteiger partial charge is 0.493 e. The number of esters is 2. The SMILES string of the molecule is COc1cc2c(cc1OC)[C@@H]([C@H](OC(C)=O)[C@@H](OC(C)=O)[C@@H]1c3cc(OC)c(OC)cc3CCN1C(C)=O)N(C(C)=O)CC2. The normalized spacial score (nSPS) is 18.6. The van der Waals surface area contributed by atoms with Crippen LogP contribution in [0.15, 0.2) is 24.3 Å². The van der Waals surface area contributed by atoms with Crippen molar-refractivity contribution in [2.45, 2.75) is 64.8 Å². The first-order chi connectivity index (χ1) is 20.9. The highest BCUT2D eigenvalue weighted by Crippen LogP contribution is 2.46. The number of hydrogen-bond acceptors (Lipinski definition) is 10. The molecule has 0 spiro atoms. The second-order valence-corrected chi connectivity index (χ2v) is 10.8. The van der Waals surface area contributed by atoms with E-state index in [0.717, 1.165) is 11.1 Å². The fourth-order valence-electron chi connectivity index (χ4n) is 6.37. The molecule has 0 saturated carbocycles. The van der Waals surface area contributed by atoms with Gasteiger partial charge in [-0.1, -0.05) is 0 Å². The smallest absolute Gasteiger partial charge is 0.303 e. The fourth-order valence-corrected chi connectivity index (χ4v) is 6.37. The van der Waals surface area contributed by atoms with Gasteiger partial charge in [-0.05, 0) is 59.4 Å². The monoisotopic (exact) mass is 612 g/mol. The van der Waals surface area contributed by atoms with Crippen LogP contribution in [-0.2, 0) is 41.5 Å². The molecule has 2 heterocycles. The Morgan fingerprint density at radius 3 is 1.18 bits per heavy atom. The number of rotatable bonds is 9. The van der Waals surface area contributed by atoms with Crippen molar-refractivity contribution in [2.24, 2.45) is 0 Å². The topological polar surface area (TPSA) is 130 Å². The quantitative estimate of drug-likeness (QED) is 0.389. The van der Waals surface area contributed by atoms with Crippen molar-refractivity contribution in [1.29, 1.82) is 0 Å². The molecule has 0 bridgehead atoms. The summed E-state index contributed by atoms with van der Waals surface area (Å²) in [7, 11) is 6.07. The van der Waals surface area contributed by atoms with Gasteiger partial charge in [-0.25, -0.2) is 0 Å². The van der Waals surface area contributed by atoms with Gasteiger partial charge in [0.25, 0.3) is 0 Å². The first kappa shape index (κ1) is 32.4. The summed E-state index contributed by atoms with van der Waals surface area (Å²) in [4.78, 5) is 55.1. The molecule has 238 valence electrons. The van der Waals surface area contributed by atoms with Gasteiger partial charge < -0.3 is 38.2 Å². The maximum Gasteiger partial charge on any atom is 0.303 e. The molecule has 44 heavy (non-hydrogen) atoms. The lowest BCUT2D eigenvalue weighted by Crippen LogP contribution is -2.55. The number of nitrogens with zero attached hydrogens (tertiary/aromatic N) is 2. The lowest BCUT2D eigenvalue weighted by Gasteiger charge is -2.47. The molecule has 0 N–H and O–H groups in total. The van der Waals surface area contributed by atoms with Gasteiger partial charge in [0.1, 0.15) is 0 Å². The average molecular weight is 613 g/mol. The molecule has 2 aromatic carbocycles. The van der Waals surface area contributed by atoms with Crippen LogP contribution in [0.3, 0.4) is 0 Å². The van der Waals surface area contributed by atoms with Crippen molar-refractivity contribution in [3.63, 3.8) is 0 Å². The van der Waals surface area contributed by atoms with E-state index < -0.39 is 36.2 Å². The summed E-state index contributed by atoms with van der Waals surface area (Å²) >= 11 is 0. The molecule has 0 aliphatic carbocycles. The summed E-state index contributed by atoms with van der Waals surface area (Å²) in [5, 5.41) is 0. The van der Waals surface area contributed by atoms with Crippen LogP contribution in [-0.4, -0.2) is 87.3 Å². The Morgan fingerprint density at radius 1 is 0.591 bits per heavy atom. The molecule has 0 saturated heterocycles. The van der Waals surface area contributed by atoms with Gasteiger partial charge in [-0.3, -0.25) is 19.2 Å². The van der Waals surface area contributed by atoms with Gasteiger partial charge in [0.05, 0.1) is 40.5 Å². The summed E-state index contributed by atoms with van der Waals surface area (Å²) in [5.74, 6) is -0.00309. The summed E-state index contributed by atoms with van der Waals surface area (Å²) in [5.41, 5.74) is 2.99. The number of carbonyl (C=O) groups excluding carboxylic acids is 4. The minimum atomic E-state index is -1.23. The van der Waals surface area contributed by atoms with Crippen molar-refractivity contribution < 1.29 is 47.6 Å². The predicted molar refractivity (Wildman–Crippen MR) is 158 cm³/mol. The van der Waals surface area contributed by atoms with Crippen LogP contribution in [0.4, 0.5) is 0 Å². The third-order valence-corrected chi connectivity index (χ3v) is 8.20. The second kappa shape index (κ2) is 13.4. The molecule has 2 aliphatic heterocycles. The molecule has 12 nitrogen and oxygen atoms in total. The highest BCUT2D eigenvalue weighted by Gasteiger charge is 2.50. The van der Waals surface area contributed by atoms with E-state index in [4.69, 9.17) is 28.4 Å². The molecule has 0 aromatic heterocycles. The number of fused-ring (bicyclic) bond motifs is 2. The Morgan fingerprint density at radius 2 is 0.909 bits per heavy atom. The van der Waals surface area contributed by atoms with E-state index in [0.29, 0.717) is 60.1 Å². The van der Waals surface area contributed by atoms with Crippen molar-refractivity contribution in [2.75, 3.05) is 41.5 Å². The van der Waals surface area contributed by atoms with Crippen molar-refractivity contribution >= 4 is 23.8 Å². The zero-order valence-electron chi connectivity index (χ0n) is 26.4. The molecule has 12 heteroatoms. The number of benzene rings is 2. The Labute approximate surface area is 257 Å². The van der Waals surface area contributed by atoms with E-state index in [-0.39, 0.29) is 11.8 Å². The maximum atomic E-state index is 13.2. The van der Waals surface area contributed by atoms with E-state index in [1.54, 1.807) is 21.9 Å². The molecule has 4 rings (SSSR count). The minimum absolute atomic E-state index is 0.270. The molecule has 2 aromatic rings. The van der Waals surface area contributed by atoms with Crippen LogP contribution in [0.2, 0.25) is 0 Å². The van der Waals surface area contributed by atoms with Gasteiger partial charge in [-0.15, -0.1) is 0 Å². The molecule has 0 radical (unpaired) electrons. The fraction of sp³-hybridized carbons (Fsp3) is 0.500. The van der Waals surface area contributed by atoms with Crippen LogP contribution < -0.4 is 18.9 Å². The Kier molecular flexibility index (Phi) is 9.91. The van der Waals surface area contributed by atoms with E-state index in [9.17, 15) is 19.2 Å². The van der Waals surface area contributed by atoms with Crippen molar-refractivity contribution in [1.82, 2.24) is 9.80 Å². The molecule has 4 atom stereocenters. The van der Waals surface area contributed by atoms with Gasteiger partial charge in [0.2, 0.25) is 11.8 Å². The number of hydrogen-bond donors (Lipinski definition) is 0. The minimum Gasteiger partial charge on any atom is -0.493 e. The van der Waals surface area contributed by atoms with Crippen molar-refractivity contribution in [3.8, 4) is 23.0 Å². The van der Waals surface area contributed by atoms with Gasteiger partial charge in [-0.2, -0.15) is 0 Å². The highest BCUT2D eigenvalue weighted by atomic mass is 16.6. The summed E-state index contributed by atoms with van der Waals surface area (Å²) in [6.45, 7) is 5.96. The van der Waals surface area contributed by atoms with E-state index in [1.165, 1.54) is 56.1 Å².